The summed E-state index contributed by atoms with van der Waals surface area (Å²) in [6.07, 6.45) is 1.16. The number of rotatable bonds is 1. The van der Waals surface area contributed by atoms with Crippen LogP contribution in [0.25, 0.3) is 0 Å². The SMILES string of the molecule is FC(F)(F)OC1C=CC=CC1. The minimum absolute atomic E-state index is 0.288. The quantitative estimate of drug-likeness (QED) is 0.578. The number of ether oxygens (including phenoxy) is 1. The molecule has 0 saturated carbocycles. The van der Waals surface area contributed by atoms with Crippen LogP contribution in [0.5, 0.6) is 0 Å². The zero-order chi connectivity index (χ0) is 8.32. The predicted molar refractivity (Wildman–Crippen MR) is 33.8 cm³/mol. The van der Waals surface area contributed by atoms with Crippen molar-refractivity contribution < 1.29 is 17.9 Å². The van der Waals surface area contributed by atoms with E-state index in [1.165, 1.54) is 6.08 Å². The Labute approximate surface area is 62.2 Å². The molecule has 0 N–H and O–H groups in total. The van der Waals surface area contributed by atoms with Crippen LogP contribution in [0, 0.1) is 0 Å². The van der Waals surface area contributed by atoms with E-state index in [2.05, 4.69) is 4.74 Å². The zero-order valence-electron chi connectivity index (χ0n) is 5.64. The van der Waals surface area contributed by atoms with E-state index in [0.717, 1.165) is 0 Å². The maximum absolute atomic E-state index is 11.6. The molecule has 0 spiro atoms. The summed E-state index contributed by atoms with van der Waals surface area (Å²) in [7, 11) is 0. The van der Waals surface area contributed by atoms with E-state index in [0.29, 0.717) is 0 Å². The van der Waals surface area contributed by atoms with Gasteiger partial charge in [0.2, 0.25) is 0 Å². The first-order valence-corrected chi connectivity index (χ1v) is 3.16. The standard InChI is InChI=1S/C7H7F3O/c8-7(9,10)11-6-4-2-1-3-5-6/h1-4,6H,5H2. The number of alkyl halides is 3. The minimum atomic E-state index is -4.53. The molecule has 1 unspecified atom stereocenters. The van der Waals surface area contributed by atoms with Gasteiger partial charge in [0, 0.05) is 0 Å². The van der Waals surface area contributed by atoms with Crippen molar-refractivity contribution in [1.82, 2.24) is 0 Å². The van der Waals surface area contributed by atoms with Crippen molar-refractivity contribution in [3.05, 3.63) is 24.3 Å². The van der Waals surface area contributed by atoms with E-state index < -0.39 is 12.5 Å². The van der Waals surface area contributed by atoms with Gasteiger partial charge in [0.15, 0.2) is 0 Å². The molecule has 0 radical (unpaired) electrons. The summed E-state index contributed by atoms with van der Waals surface area (Å²) >= 11 is 0. The van der Waals surface area contributed by atoms with Crippen LogP contribution in [-0.2, 0) is 4.74 Å². The highest BCUT2D eigenvalue weighted by molar-refractivity contribution is 5.11. The van der Waals surface area contributed by atoms with Crippen LogP contribution in [0.3, 0.4) is 0 Å². The second kappa shape index (κ2) is 3.09. The van der Waals surface area contributed by atoms with E-state index in [1.807, 2.05) is 0 Å². The molecule has 62 valence electrons. The average Bonchev–Trinajstić information content (AvgIpc) is 1.85. The normalized spacial score (nSPS) is 24.1. The molecule has 1 rings (SSSR count). The van der Waals surface area contributed by atoms with Crippen molar-refractivity contribution >= 4 is 0 Å². The van der Waals surface area contributed by atoms with E-state index in [4.69, 9.17) is 0 Å². The van der Waals surface area contributed by atoms with Crippen molar-refractivity contribution in [3.63, 3.8) is 0 Å². The topological polar surface area (TPSA) is 9.23 Å². The molecule has 1 nitrogen and oxygen atoms in total. The highest BCUT2D eigenvalue weighted by atomic mass is 19.4. The number of halogens is 3. The van der Waals surface area contributed by atoms with Crippen molar-refractivity contribution in [1.29, 1.82) is 0 Å². The maximum Gasteiger partial charge on any atom is 0.523 e. The second-order valence-corrected chi connectivity index (χ2v) is 2.15. The summed E-state index contributed by atoms with van der Waals surface area (Å²) in [6.45, 7) is 0. The summed E-state index contributed by atoms with van der Waals surface area (Å²) in [4.78, 5) is 0. The molecular formula is C7H7F3O. The Morgan fingerprint density at radius 1 is 1.27 bits per heavy atom. The molecule has 0 aromatic heterocycles. The van der Waals surface area contributed by atoms with E-state index >= 15 is 0 Å². The summed E-state index contributed by atoms with van der Waals surface area (Å²) < 4.78 is 38.4. The monoisotopic (exact) mass is 164 g/mol. The van der Waals surface area contributed by atoms with E-state index in [1.54, 1.807) is 18.2 Å². The van der Waals surface area contributed by atoms with Crippen LogP contribution in [0.2, 0.25) is 0 Å². The third-order valence-corrected chi connectivity index (χ3v) is 1.23. The summed E-state index contributed by atoms with van der Waals surface area (Å²) in [6, 6.07) is 0. The molecule has 4 heteroatoms. The lowest BCUT2D eigenvalue weighted by atomic mass is 10.1. The highest BCUT2D eigenvalue weighted by Gasteiger charge is 2.32. The number of hydrogen-bond donors (Lipinski definition) is 0. The van der Waals surface area contributed by atoms with E-state index in [-0.39, 0.29) is 6.42 Å². The first kappa shape index (κ1) is 8.33. The fourth-order valence-electron chi connectivity index (χ4n) is 0.817. The highest BCUT2D eigenvalue weighted by Crippen LogP contribution is 2.22. The average molecular weight is 164 g/mol. The van der Waals surface area contributed by atoms with Crippen LogP contribution >= 0.6 is 0 Å². The molecule has 0 fully saturated rings. The molecule has 11 heavy (non-hydrogen) atoms. The largest absolute Gasteiger partial charge is 0.523 e. The molecule has 0 bridgehead atoms. The Morgan fingerprint density at radius 2 is 2.00 bits per heavy atom. The lowest BCUT2D eigenvalue weighted by molar-refractivity contribution is -0.335. The smallest absolute Gasteiger partial charge is 0.284 e. The first-order chi connectivity index (χ1) is 5.08. The Kier molecular flexibility index (Phi) is 2.34. The lowest BCUT2D eigenvalue weighted by Gasteiger charge is -2.15. The van der Waals surface area contributed by atoms with Gasteiger partial charge >= 0.3 is 6.36 Å². The molecule has 0 heterocycles. The van der Waals surface area contributed by atoms with E-state index in [9.17, 15) is 13.2 Å². The van der Waals surface area contributed by atoms with Crippen molar-refractivity contribution in [2.45, 2.75) is 18.9 Å². The van der Waals surface area contributed by atoms with Gasteiger partial charge in [0.25, 0.3) is 0 Å². The Balaban J connectivity index is 2.39. The molecule has 1 aliphatic rings. The second-order valence-electron chi connectivity index (χ2n) is 2.15. The van der Waals surface area contributed by atoms with Crippen molar-refractivity contribution in [2.24, 2.45) is 0 Å². The third-order valence-electron chi connectivity index (χ3n) is 1.23. The lowest BCUT2D eigenvalue weighted by Crippen LogP contribution is -2.22. The molecule has 1 aliphatic carbocycles. The first-order valence-electron chi connectivity index (χ1n) is 3.16. The van der Waals surface area contributed by atoms with Crippen LogP contribution in [0.1, 0.15) is 6.42 Å². The Morgan fingerprint density at radius 3 is 2.45 bits per heavy atom. The molecule has 0 aromatic rings. The van der Waals surface area contributed by atoms with Crippen LogP contribution < -0.4 is 0 Å². The molecule has 0 aromatic carbocycles. The van der Waals surface area contributed by atoms with Crippen molar-refractivity contribution in [3.8, 4) is 0 Å². The molecule has 0 amide bonds. The van der Waals surface area contributed by atoms with Gasteiger partial charge in [0.05, 0.1) is 6.10 Å². The minimum Gasteiger partial charge on any atom is -0.284 e. The molecule has 1 atom stereocenters. The fourth-order valence-corrected chi connectivity index (χ4v) is 0.817. The molecular weight excluding hydrogens is 157 g/mol. The summed E-state index contributed by atoms with van der Waals surface area (Å²) in [5.41, 5.74) is 0. The van der Waals surface area contributed by atoms with Gasteiger partial charge in [-0.3, -0.25) is 4.74 Å². The number of allylic oxidation sites excluding steroid dienone is 2. The van der Waals surface area contributed by atoms with Crippen molar-refractivity contribution in [2.75, 3.05) is 0 Å². The third kappa shape index (κ3) is 3.23. The summed E-state index contributed by atoms with van der Waals surface area (Å²) in [5, 5.41) is 0. The van der Waals surface area contributed by atoms with Crippen LogP contribution in [0.4, 0.5) is 13.2 Å². The van der Waals surface area contributed by atoms with Gasteiger partial charge in [-0.05, 0) is 6.42 Å². The Hall–Kier alpha value is -0.770. The Bertz CT molecular complexity index is 181. The zero-order valence-corrected chi connectivity index (χ0v) is 5.64. The maximum atomic E-state index is 11.6. The van der Waals surface area contributed by atoms with Gasteiger partial charge < -0.3 is 0 Å². The van der Waals surface area contributed by atoms with Gasteiger partial charge in [-0.25, -0.2) is 0 Å². The van der Waals surface area contributed by atoms with Gasteiger partial charge in [0.1, 0.15) is 0 Å². The molecule has 0 saturated heterocycles. The predicted octanol–water partition coefficient (Wildman–Crippen LogP) is 2.41. The van der Waals surface area contributed by atoms with Gasteiger partial charge in [-0.1, -0.05) is 24.3 Å². The fraction of sp³-hybridized carbons (Fsp3) is 0.429. The van der Waals surface area contributed by atoms with Gasteiger partial charge in [-0.15, -0.1) is 13.2 Å². The van der Waals surface area contributed by atoms with Gasteiger partial charge in [-0.2, -0.15) is 0 Å². The number of hydrogen-bond acceptors (Lipinski definition) is 1. The van der Waals surface area contributed by atoms with Crippen LogP contribution in [0.15, 0.2) is 24.3 Å². The van der Waals surface area contributed by atoms with Crippen LogP contribution in [-0.4, -0.2) is 12.5 Å². The molecule has 0 aliphatic heterocycles. The summed E-state index contributed by atoms with van der Waals surface area (Å²) in [5.74, 6) is 0.